The molecule has 1 rings (SSSR count). The summed E-state index contributed by atoms with van der Waals surface area (Å²) >= 11 is 0. The first kappa shape index (κ1) is 13.7. The van der Waals surface area contributed by atoms with E-state index in [-0.39, 0.29) is 17.9 Å². The minimum absolute atomic E-state index is 0.0626. The number of aromatic nitrogens is 1. The normalized spacial score (nSPS) is 11.6. The van der Waals surface area contributed by atoms with Crippen LogP contribution in [0.5, 0.6) is 0 Å². The van der Waals surface area contributed by atoms with Crippen LogP contribution >= 0.6 is 0 Å². The summed E-state index contributed by atoms with van der Waals surface area (Å²) < 4.78 is 27.5. The van der Waals surface area contributed by atoms with Gasteiger partial charge in [0.2, 0.25) is 10.0 Å². The molecule has 0 aliphatic carbocycles. The SMILES string of the molecule is Cn1ccc(S(=O)(=O)NCCCCC(=O)O)c1. The number of aliphatic carboxylic acids is 1. The van der Waals surface area contributed by atoms with E-state index in [1.807, 2.05) is 0 Å². The third-order valence-corrected chi connectivity index (χ3v) is 3.67. The number of carbonyl (C=O) groups is 1. The highest BCUT2D eigenvalue weighted by Crippen LogP contribution is 2.08. The molecule has 0 aliphatic heterocycles. The molecule has 0 unspecified atom stereocenters. The Morgan fingerprint density at radius 2 is 2.18 bits per heavy atom. The predicted molar refractivity (Wildman–Crippen MR) is 62.1 cm³/mol. The van der Waals surface area contributed by atoms with Crippen molar-refractivity contribution in [2.75, 3.05) is 6.54 Å². The van der Waals surface area contributed by atoms with E-state index in [4.69, 9.17) is 5.11 Å². The topological polar surface area (TPSA) is 88.4 Å². The van der Waals surface area contributed by atoms with Crippen LogP contribution in [-0.4, -0.2) is 30.6 Å². The van der Waals surface area contributed by atoms with Crippen molar-refractivity contribution in [1.29, 1.82) is 0 Å². The van der Waals surface area contributed by atoms with Crippen LogP contribution in [0.15, 0.2) is 23.4 Å². The summed E-state index contributed by atoms with van der Waals surface area (Å²) in [5.41, 5.74) is 0. The highest BCUT2D eigenvalue weighted by atomic mass is 32.2. The van der Waals surface area contributed by atoms with E-state index in [2.05, 4.69) is 4.72 Å². The van der Waals surface area contributed by atoms with E-state index in [1.54, 1.807) is 17.8 Å². The van der Waals surface area contributed by atoms with Crippen LogP contribution < -0.4 is 4.72 Å². The number of carboxylic acids is 1. The number of hydrogen-bond acceptors (Lipinski definition) is 3. The largest absolute Gasteiger partial charge is 0.481 e. The van der Waals surface area contributed by atoms with Gasteiger partial charge in [-0.25, -0.2) is 13.1 Å². The first-order valence-electron chi connectivity index (χ1n) is 5.25. The maximum Gasteiger partial charge on any atom is 0.303 e. The molecule has 17 heavy (non-hydrogen) atoms. The summed E-state index contributed by atoms with van der Waals surface area (Å²) in [4.78, 5) is 10.5. The number of nitrogens with one attached hydrogen (secondary N) is 1. The first-order chi connectivity index (χ1) is 7.92. The molecule has 2 N–H and O–H groups in total. The number of rotatable bonds is 7. The Bertz CT molecular complexity index is 478. The molecular formula is C10H16N2O4S. The molecule has 0 fully saturated rings. The lowest BCUT2D eigenvalue weighted by molar-refractivity contribution is -0.137. The molecule has 1 aromatic rings. The monoisotopic (exact) mass is 260 g/mol. The average molecular weight is 260 g/mol. The van der Waals surface area contributed by atoms with Crippen LogP contribution in [0.3, 0.4) is 0 Å². The van der Waals surface area contributed by atoms with Crippen molar-refractivity contribution in [1.82, 2.24) is 9.29 Å². The Hall–Kier alpha value is -1.34. The summed E-state index contributed by atoms with van der Waals surface area (Å²) in [6.45, 7) is 0.254. The molecule has 7 heteroatoms. The fourth-order valence-corrected chi connectivity index (χ4v) is 2.45. The van der Waals surface area contributed by atoms with Gasteiger partial charge < -0.3 is 9.67 Å². The van der Waals surface area contributed by atoms with Gasteiger partial charge in [-0.15, -0.1) is 0 Å². The molecule has 0 saturated heterocycles. The summed E-state index contributed by atoms with van der Waals surface area (Å²) in [5, 5.41) is 8.41. The van der Waals surface area contributed by atoms with Gasteiger partial charge in [0.25, 0.3) is 0 Å². The van der Waals surface area contributed by atoms with Crippen molar-refractivity contribution in [3.05, 3.63) is 18.5 Å². The van der Waals surface area contributed by atoms with Crippen LogP contribution in [0.1, 0.15) is 19.3 Å². The Morgan fingerprint density at radius 1 is 1.47 bits per heavy atom. The van der Waals surface area contributed by atoms with E-state index in [9.17, 15) is 13.2 Å². The maximum atomic E-state index is 11.7. The lowest BCUT2D eigenvalue weighted by Crippen LogP contribution is -2.24. The highest BCUT2D eigenvalue weighted by molar-refractivity contribution is 7.89. The van der Waals surface area contributed by atoms with Gasteiger partial charge in [0.15, 0.2) is 0 Å². The Balaban J connectivity index is 2.38. The van der Waals surface area contributed by atoms with Crippen molar-refractivity contribution in [2.45, 2.75) is 24.2 Å². The zero-order chi connectivity index (χ0) is 12.9. The second-order valence-corrected chi connectivity index (χ2v) is 5.53. The van der Waals surface area contributed by atoms with E-state index in [1.165, 1.54) is 12.3 Å². The highest BCUT2D eigenvalue weighted by Gasteiger charge is 2.13. The Morgan fingerprint density at radius 3 is 2.71 bits per heavy atom. The number of hydrogen-bond donors (Lipinski definition) is 2. The standard InChI is InChI=1S/C10H16N2O4S/c1-12-7-5-9(8-12)17(15,16)11-6-3-2-4-10(13)14/h5,7-8,11H,2-4,6H2,1H3,(H,13,14). The molecule has 0 spiro atoms. The van der Waals surface area contributed by atoms with Crippen LogP contribution in [0.25, 0.3) is 0 Å². The Labute approximate surface area is 100 Å². The first-order valence-corrected chi connectivity index (χ1v) is 6.73. The minimum atomic E-state index is -3.46. The van der Waals surface area contributed by atoms with Crippen molar-refractivity contribution in [2.24, 2.45) is 7.05 Å². The number of carboxylic acid groups (broad SMARTS) is 1. The summed E-state index contributed by atoms with van der Waals surface area (Å²) in [7, 11) is -1.72. The van der Waals surface area contributed by atoms with Crippen molar-refractivity contribution < 1.29 is 18.3 Å². The zero-order valence-electron chi connectivity index (χ0n) is 9.59. The lowest BCUT2D eigenvalue weighted by Gasteiger charge is -2.03. The van der Waals surface area contributed by atoms with Gasteiger partial charge in [0.05, 0.1) is 4.90 Å². The lowest BCUT2D eigenvalue weighted by atomic mass is 10.2. The smallest absolute Gasteiger partial charge is 0.303 e. The van der Waals surface area contributed by atoms with E-state index in [0.717, 1.165) is 0 Å². The van der Waals surface area contributed by atoms with E-state index in [0.29, 0.717) is 12.8 Å². The second kappa shape index (κ2) is 5.83. The van der Waals surface area contributed by atoms with E-state index < -0.39 is 16.0 Å². The summed E-state index contributed by atoms with van der Waals surface area (Å²) in [6, 6.07) is 1.51. The van der Waals surface area contributed by atoms with E-state index >= 15 is 0 Å². The molecule has 1 aromatic heterocycles. The number of aryl methyl sites for hydroxylation is 1. The third kappa shape index (κ3) is 4.58. The molecule has 0 amide bonds. The van der Waals surface area contributed by atoms with Gasteiger partial charge in [-0.3, -0.25) is 4.79 Å². The van der Waals surface area contributed by atoms with Crippen molar-refractivity contribution in [3.8, 4) is 0 Å². The molecule has 0 aliphatic rings. The molecule has 1 heterocycles. The van der Waals surface area contributed by atoms with Crippen molar-refractivity contribution >= 4 is 16.0 Å². The van der Waals surface area contributed by atoms with Gasteiger partial charge in [-0.1, -0.05) is 0 Å². The van der Waals surface area contributed by atoms with Gasteiger partial charge in [-0.05, 0) is 18.9 Å². The average Bonchev–Trinajstić information content (AvgIpc) is 2.64. The van der Waals surface area contributed by atoms with Gasteiger partial charge >= 0.3 is 5.97 Å². The van der Waals surface area contributed by atoms with Crippen LogP contribution in [0.2, 0.25) is 0 Å². The molecule has 0 atom stereocenters. The number of sulfonamides is 1. The molecule has 96 valence electrons. The van der Waals surface area contributed by atoms with Gasteiger partial charge in [0.1, 0.15) is 0 Å². The quantitative estimate of drug-likeness (QED) is 0.701. The summed E-state index contributed by atoms with van der Waals surface area (Å²) in [6.07, 6.45) is 4.21. The molecule has 0 bridgehead atoms. The number of nitrogens with zero attached hydrogens (tertiary/aromatic N) is 1. The summed E-state index contributed by atoms with van der Waals surface area (Å²) in [5.74, 6) is -0.865. The molecular weight excluding hydrogens is 244 g/mol. The molecule has 6 nitrogen and oxygen atoms in total. The van der Waals surface area contributed by atoms with Crippen LogP contribution in [-0.2, 0) is 21.9 Å². The molecule has 0 radical (unpaired) electrons. The Kier molecular flexibility index (Phi) is 4.71. The predicted octanol–water partition coefficient (Wildman–Crippen LogP) is 0.558. The van der Waals surface area contributed by atoms with Gasteiger partial charge in [-0.2, -0.15) is 0 Å². The third-order valence-electron chi connectivity index (χ3n) is 2.22. The fourth-order valence-electron chi connectivity index (χ4n) is 1.33. The second-order valence-electron chi connectivity index (χ2n) is 3.76. The van der Waals surface area contributed by atoms with Crippen LogP contribution in [0.4, 0.5) is 0 Å². The van der Waals surface area contributed by atoms with Crippen LogP contribution in [0, 0.1) is 0 Å². The maximum absolute atomic E-state index is 11.7. The fraction of sp³-hybridized carbons (Fsp3) is 0.500. The van der Waals surface area contributed by atoms with Gasteiger partial charge in [0, 0.05) is 32.4 Å². The minimum Gasteiger partial charge on any atom is -0.481 e. The molecule has 0 aromatic carbocycles. The zero-order valence-corrected chi connectivity index (χ0v) is 10.4. The number of unbranched alkanes of at least 4 members (excludes halogenated alkanes) is 1. The molecule has 0 saturated carbocycles. The van der Waals surface area contributed by atoms with Crippen molar-refractivity contribution in [3.63, 3.8) is 0 Å².